The average molecular weight is 823 g/mol. The number of rotatable bonds is 18. The third-order valence-corrected chi connectivity index (χ3v) is 10.6. The third kappa shape index (κ3) is 9.19. The Kier molecular flexibility index (Phi) is 11.9. The van der Waals surface area contributed by atoms with Crippen LogP contribution in [0.3, 0.4) is 0 Å². The van der Waals surface area contributed by atoms with Crippen molar-refractivity contribution in [2.24, 2.45) is 13.0 Å². The number of hydrogen-bond donors (Lipinski definition) is 4. The van der Waals surface area contributed by atoms with E-state index in [4.69, 9.17) is 9.15 Å². The smallest absolute Gasteiger partial charge is 0.329 e. The Labute approximate surface area is 342 Å². The predicted octanol–water partition coefficient (Wildman–Crippen LogP) is 5.30. The van der Waals surface area contributed by atoms with Gasteiger partial charge in [-0.25, -0.2) is 28.2 Å². The molecule has 4 N–H and O–H groups in total. The Morgan fingerprint density at radius 3 is 2.62 bits per heavy atom. The van der Waals surface area contributed by atoms with Gasteiger partial charge in [0.05, 0.1) is 35.2 Å². The number of ether oxygens (including phenoxy) is 1. The number of piperidine rings is 1. The fourth-order valence-corrected chi connectivity index (χ4v) is 7.12. The second-order valence-corrected chi connectivity index (χ2v) is 15.0. The van der Waals surface area contributed by atoms with Crippen LogP contribution in [0.5, 0.6) is 0 Å². The van der Waals surface area contributed by atoms with Gasteiger partial charge in [0.1, 0.15) is 18.1 Å². The number of carbonyl (C=O) groups is 3. The summed E-state index contributed by atoms with van der Waals surface area (Å²) in [7, 11) is 1.68. The van der Waals surface area contributed by atoms with Crippen LogP contribution in [0.15, 0.2) is 82.5 Å². The number of benzene rings is 2. The number of fused-ring (bicyclic) bond motifs is 1. The van der Waals surface area contributed by atoms with Crippen molar-refractivity contribution in [2.75, 3.05) is 36.9 Å². The first-order valence-electron chi connectivity index (χ1n) is 19.9. The quantitative estimate of drug-likeness (QED) is 0.0650. The highest BCUT2D eigenvalue weighted by atomic mass is 19.3. The van der Waals surface area contributed by atoms with Gasteiger partial charge in [-0.1, -0.05) is 18.2 Å². The van der Waals surface area contributed by atoms with Crippen LogP contribution in [0.4, 0.5) is 20.3 Å². The van der Waals surface area contributed by atoms with E-state index >= 15 is 0 Å². The van der Waals surface area contributed by atoms with Crippen molar-refractivity contribution in [3.05, 3.63) is 106 Å². The van der Waals surface area contributed by atoms with Crippen molar-refractivity contribution in [2.45, 2.75) is 57.5 Å². The fourth-order valence-electron chi connectivity index (χ4n) is 7.12. The molecule has 2 aliphatic rings. The number of anilines is 2. The van der Waals surface area contributed by atoms with Crippen molar-refractivity contribution in [1.82, 2.24) is 39.5 Å². The molecule has 2 aromatic carbocycles. The molecular weight excluding hydrogens is 779 g/mol. The number of amides is 3. The van der Waals surface area contributed by atoms with E-state index in [1.54, 1.807) is 37.5 Å². The molecule has 8 rings (SSSR count). The number of oxazole rings is 1. The maximum absolute atomic E-state index is 14.0. The van der Waals surface area contributed by atoms with E-state index in [9.17, 15) is 28.0 Å². The molecule has 1 aliphatic carbocycles. The molecule has 2 fully saturated rings. The lowest BCUT2D eigenvalue weighted by atomic mass is 10.1. The first-order valence-corrected chi connectivity index (χ1v) is 19.9. The Hall–Kier alpha value is -6.53. The molecule has 3 amide bonds. The SMILES string of the molecule is Cn1c(=O)n(C2CCC(=O)NC2=O)c2ccc(CCCOCCNCc3ccc(-n4cc(NC(=O)c5coc(-c6ccnc(NCC7CC7)c6)n5)c(C(F)F)n4)cc3)cc21. The molecule has 4 aromatic heterocycles. The summed E-state index contributed by atoms with van der Waals surface area (Å²) in [4.78, 5) is 58.7. The number of aryl methyl sites for hydroxylation is 2. The zero-order chi connectivity index (χ0) is 41.8. The van der Waals surface area contributed by atoms with Gasteiger partial charge in [0.2, 0.25) is 17.7 Å². The summed E-state index contributed by atoms with van der Waals surface area (Å²) >= 11 is 0. The second-order valence-electron chi connectivity index (χ2n) is 15.0. The number of nitrogens with one attached hydrogen (secondary N) is 4. The number of halogens is 2. The summed E-state index contributed by atoms with van der Waals surface area (Å²) in [6, 6.07) is 15.8. The first kappa shape index (κ1) is 40.3. The van der Waals surface area contributed by atoms with E-state index in [2.05, 4.69) is 36.3 Å². The minimum Gasteiger partial charge on any atom is -0.444 e. The van der Waals surface area contributed by atoms with E-state index in [0.717, 1.165) is 36.0 Å². The van der Waals surface area contributed by atoms with Gasteiger partial charge >= 0.3 is 5.69 Å². The molecule has 6 aromatic rings. The molecule has 60 heavy (non-hydrogen) atoms. The van der Waals surface area contributed by atoms with Crippen molar-refractivity contribution in [1.29, 1.82) is 0 Å². The molecular formula is C42H44F2N10O6. The van der Waals surface area contributed by atoms with Gasteiger partial charge in [0, 0.05) is 51.5 Å². The summed E-state index contributed by atoms with van der Waals surface area (Å²) in [5.41, 5.74) is 3.44. The number of imide groups is 1. The minimum atomic E-state index is -2.94. The van der Waals surface area contributed by atoms with Crippen LogP contribution in [0.2, 0.25) is 0 Å². The summed E-state index contributed by atoms with van der Waals surface area (Å²) in [6.45, 7) is 3.04. The van der Waals surface area contributed by atoms with E-state index in [0.29, 0.717) is 54.8 Å². The molecule has 1 saturated carbocycles. The van der Waals surface area contributed by atoms with E-state index in [-0.39, 0.29) is 41.7 Å². The van der Waals surface area contributed by atoms with Crippen molar-refractivity contribution in [3.8, 4) is 17.1 Å². The molecule has 0 spiro atoms. The van der Waals surface area contributed by atoms with Crippen LogP contribution >= 0.6 is 0 Å². The number of imidazole rings is 1. The Bertz CT molecular complexity index is 2580. The number of pyridine rings is 1. The van der Waals surface area contributed by atoms with Crippen LogP contribution < -0.4 is 27.0 Å². The normalized spacial score (nSPS) is 15.5. The van der Waals surface area contributed by atoms with E-state index in [1.807, 2.05) is 30.3 Å². The molecule has 1 aliphatic heterocycles. The fraction of sp³-hybridized carbons (Fsp3) is 0.357. The Morgan fingerprint density at radius 1 is 1.02 bits per heavy atom. The summed E-state index contributed by atoms with van der Waals surface area (Å²) in [6.07, 6.45) is 5.59. The standard InChI is InChI=1S/C42H44F2N10O6/c1-52-34-19-25(8-11-32(34)54(42(52)58)33-12-13-36(55)50-40(33)57)3-2-17-59-18-16-45-21-26-6-9-29(10-7-26)53-23-30(37(51-53)38(43)44)48-39(56)31-24-60-41(49-31)28-14-15-46-35(20-28)47-22-27-4-5-27/h6-11,14-15,19-20,23-24,27,33,38,45H,2-5,12-13,16-18,21-22H2,1H3,(H,46,47)(H,48,56)(H,50,55,57). The van der Waals surface area contributed by atoms with Gasteiger partial charge in [-0.05, 0) is 85.5 Å². The molecule has 18 heteroatoms. The van der Waals surface area contributed by atoms with Crippen LogP contribution in [0, 0.1) is 5.92 Å². The number of nitrogens with zero attached hydrogens (tertiary/aromatic N) is 6. The van der Waals surface area contributed by atoms with Gasteiger partial charge in [-0.3, -0.25) is 28.8 Å². The Morgan fingerprint density at radius 2 is 1.83 bits per heavy atom. The summed E-state index contributed by atoms with van der Waals surface area (Å²) < 4.78 is 43.7. The van der Waals surface area contributed by atoms with Crippen molar-refractivity contribution >= 4 is 40.3 Å². The van der Waals surface area contributed by atoms with Gasteiger partial charge in [-0.15, -0.1) is 0 Å². The van der Waals surface area contributed by atoms with Crippen LogP contribution in [0.1, 0.15) is 71.9 Å². The lowest BCUT2D eigenvalue weighted by molar-refractivity contribution is -0.135. The number of carbonyl (C=O) groups excluding carboxylic acids is 3. The number of hydrogen-bond acceptors (Lipinski definition) is 11. The van der Waals surface area contributed by atoms with Crippen molar-refractivity contribution in [3.63, 3.8) is 0 Å². The largest absolute Gasteiger partial charge is 0.444 e. The van der Waals surface area contributed by atoms with E-state index in [1.165, 1.54) is 39.1 Å². The molecule has 1 atom stereocenters. The average Bonchev–Trinajstić information content (AvgIpc) is 3.66. The summed E-state index contributed by atoms with van der Waals surface area (Å²) in [5, 5.41) is 15.5. The monoisotopic (exact) mass is 822 g/mol. The molecule has 312 valence electrons. The first-order chi connectivity index (χ1) is 29.1. The van der Waals surface area contributed by atoms with Crippen molar-refractivity contribution < 1.29 is 32.3 Å². The molecule has 0 radical (unpaired) electrons. The highest BCUT2D eigenvalue weighted by molar-refractivity contribution is 6.03. The molecule has 5 heterocycles. The zero-order valence-electron chi connectivity index (χ0n) is 32.8. The van der Waals surface area contributed by atoms with Gasteiger partial charge in [-0.2, -0.15) is 5.10 Å². The third-order valence-electron chi connectivity index (χ3n) is 10.6. The van der Waals surface area contributed by atoms with Gasteiger partial charge in [0.25, 0.3) is 12.3 Å². The summed E-state index contributed by atoms with van der Waals surface area (Å²) in [5.74, 6) is 0.0260. The molecule has 0 bridgehead atoms. The Balaban J connectivity index is 0.779. The van der Waals surface area contributed by atoms with Crippen LogP contribution in [-0.4, -0.2) is 72.9 Å². The molecule has 1 saturated heterocycles. The lowest BCUT2D eigenvalue weighted by Crippen LogP contribution is -2.44. The number of aromatic nitrogens is 6. The molecule has 16 nitrogen and oxygen atoms in total. The van der Waals surface area contributed by atoms with Crippen LogP contribution in [0.25, 0.3) is 28.2 Å². The van der Waals surface area contributed by atoms with Crippen LogP contribution in [-0.2, 0) is 34.3 Å². The highest BCUT2D eigenvalue weighted by Gasteiger charge is 2.31. The van der Waals surface area contributed by atoms with E-state index < -0.39 is 30.0 Å². The number of alkyl halides is 2. The maximum atomic E-state index is 14.0. The lowest BCUT2D eigenvalue weighted by Gasteiger charge is -2.21. The second kappa shape index (κ2) is 17.8. The van der Waals surface area contributed by atoms with Gasteiger partial charge in [0.15, 0.2) is 11.4 Å². The predicted molar refractivity (Wildman–Crippen MR) is 217 cm³/mol. The highest BCUT2D eigenvalue weighted by Crippen LogP contribution is 2.30. The van der Waals surface area contributed by atoms with Gasteiger partial charge < -0.3 is 25.1 Å². The minimum absolute atomic E-state index is 0.0739. The molecule has 1 unspecified atom stereocenters. The topological polar surface area (TPSA) is 192 Å². The zero-order valence-corrected chi connectivity index (χ0v) is 32.8. The maximum Gasteiger partial charge on any atom is 0.329 e.